The lowest BCUT2D eigenvalue weighted by Crippen LogP contribution is -2.43. The molecule has 3 rings (SSSR count). The molecule has 1 N–H and O–H groups in total. The van der Waals surface area contributed by atoms with E-state index in [0.29, 0.717) is 18.6 Å². The smallest absolute Gasteiger partial charge is 0.416 e. The summed E-state index contributed by atoms with van der Waals surface area (Å²) < 4.78 is 70.2. The average molecular weight is 481 g/mol. The maximum Gasteiger partial charge on any atom is 0.416 e. The molecule has 0 spiro atoms. The molecule has 2 aromatic rings. The summed E-state index contributed by atoms with van der Waals surface area (Å²) in [7, 11) is -2.16. The Bertz CT molecular complexity index is 1140. The van der Waals surface area contributed by atoms with Crippen LogP contribution in [0, 0.1) is 17.8 Å². The summed E-state index contributed by atoms with van der Waals surface area (Å²) in [5.41, 5.74) is -0.578. The molecule has 1 aliphatic rings. The van der Waals surface area contributed by atoms with Crippen molar-refractivity contribution in [1.29, 1.82) is 0 Å². The van der Waals surface area contributed by atoms with E-state index in [1.165, 1.54) is 35.7 Å². The fraction of sp³-hybridized carbons (Fsp3) is 0.348. The van der Waals surface area contributed by atoms with Gasteiger partial charge in [0.2, 0.25) is 15.9 Å². The van der Waals surface area contributed by atoms with Crippen molar-refractivity contribution >= 4 is 15.9 Å². The Morgan fingerprint density at radius 1 is 1.15 bits per heavy atom. The number of rotatable bonds is 5. The van der Waals surface area contributed by atoms with Crippen LogP contribution in [0.5, 0.6) is 5.75 Å². The largest absolute Gasteiger partial charge is 0.497 e. The van der Waals surface area contributed by atoms with E-state index in [1.54, 1.807) is 12.1 Å². The Balaban J connectivity index is 1.50. The van der Waals surface area contributed by atoms with Gasteiger partial charge in [-0.2, -0.15) is 17.5 Å². The van der Waals surface area contributed by atoms with Crippen molar-refractivity contribution in [2.75, 3.05) is 26.7 Å². The summed E-state index contributed by atoms with van der Waals surface area (Å²) in [5.74, 6) is 5.20. The SMILES string of the molecule is COc1ccc(S(=O)(=O)N2CCC(C(=O)NCC#Cc3cccc(C(F)(F)F)c3)CC2)cc1. The van der Waals surface area contributed by atoms with Crippen molar-refractivity contribution in [3.8, 4) is 17.6 Å². The summed E-state index contributed by atoms with van der Waals surface area (Å²) in [5, 5.41) is 2.65. The molecule has 0 atom stereocenters. The summed E-state index contributed by atoms with van der Waals surface area (Å²) in [6.07, 6.45) is -3.72. The molecular weight excluding hydrogens is 457 g/mol. The van der Waals surface area contributed by atoms with E-state index in [0.717, 1.165) is 12.1 Å². The van der Waals surface area contributed by atoms with Crippen LogP contribution in [0.4, 0.5) is 13.2 Å². The van der Waals surface area contributed by atoms with Crippen LogP contribution in [0.1, 0.15) is 24.0 Å². The number of hydrogen-bond acceptors (Lipinski definition) is 4. The highest BCUT2D eigenvalue weighted by Gasteiger charge is 2.32. The number of halogens is 3. The minimum atomic E-state index is -4.44. The topological polar surface area (TPSA) is 75.7 Å². The molecule has 1 fully saturated rings. The second-order valence-electron chi connectivity index (χ2n) is 7.45. The molecule has 1 aliphatic heterocycles. The van der Waals surface area contributed by atoms with Gasteiger partial charge in [-0.3, -0.25) is 4.79 Å². The zero-order valence-corrected chi connectivity index (χ0v) is 18.7. The molecule has 0 saturated carbocycles. The number of benzene rings is 2. The molecule has 0 aliphatic carbocycles. The molecule has 6 nitrogen and oxygen atoms in total. The van der Waals surface area contributed by atoms with Gasteiger partial charge in [0.05, 0.1) is 24.1 Å². The highest BCUT2D eigenvalue weighted by atomic mass is 32.2. The van der Waals surface area contributed by atoms with Crippen LogP contribution in [0.15, 0.2) is 53.4 Å². The average Bonchev–Trinajstić information content (AvgIpc) is 2.81. The monoisotopic (exact) mass is 480 g/mol. The Morgan fingerprint density at radius 2 is 1.82 bits per heavy atom. The molecular formula is C23H23F3N2O4S. The fourth-order valence-corrected chi connectivity index (χ4v) is 4.92. The van der Waals surface area contributed by atoms with E-state index in [1.807, 2.05) is 0 Å². The van der Waals surface area contributed by atoms with Crippen molar-refractivity contribution in [2.24, 2.45) is 5.92 Å². The molecule has 0 radical (unpaired) electrons. The van der Waals surface area contributed by atoms with Crippen molar-refractivity contribution in [2.45, 2.75) is 23.9 Å². The Kier molecular flexibility index (Phi) is 7.66. The van der Waals surface area contributed by atoms with Gasteiger partial charge in [-0.05, 0) is 55.3 Å². The van der Waals surface area contributed by atoms with Crippen LogP contribution in [-0.2, 0) is 21.0 Å². The van der Waals surface area contributed by atoms with Crippen molar-refractivity contribution in [3.63, 3.8) is 0 Å². The van der Waals surface area contributed by atoms with Crippen molar-refractivity contribution in [3.05, 3.63) is 59.7 Å². The first kappa shape index (κ1) is 24.6. The summed E-state index contributed by atoms with van der Waals surface area (Å²) >= 11 is 0. The number of amides is 1. The predicted molar refractivity (Wildman–Crippen MR) is 116 cm³/mol. The van der Waals surface area contributed by atoms with E-state index in [4.69, 9.17) is 4.74 Å². The van der Waals surface area contributed by atoms with Crippen LogP contribution < -0.4 is 10.1 Å². The minimum Gasteiger partial charge on any atom is -0.497 e. The molecule has 0 unspecified atom stereocenters. The molecule has 176 valence electrons. The maximum absolute atomic E-state index is 12.8. The Hall–Kier alpha value is -3.03. The molecule has 0 aromatic heterocycles. The lowest BCUT2D eigenvalue weighted by Gasteiger charge is -2.30. The third kappa shape index (κ3) is 6.27. The first-order chi connectivity index (χ1) is 15.6. The third-order valence-electron chi connectivity index (χ3n) is 5.30. The number of piperidine rings is 1. The number of nitrogens with one attached hydrogen (secondary N) is 1. The van der Waals surface area contributed by atoms with Crippen molar-refractivity contribution < 1.29 is 31.1 Å². The first-order valence-corrected chi connectivity index (χ1v) is 11.6. The summed E-state index contributed by atoms with van der Waals surface area (Å²) in [4.78, 5) is 12.5. The highest BCUT2D eigenvalue weighted by Crippen LogP contribution is 2.29. The number of alkyl halides is 3. The van der Waals surface area contributed by atoms with Crippen LogP contribution in [0.3, 0.4) is 0 Å². The molecule has 33 heavy (non-hydrogen) atoms. The molecule has 1 heterocycles. The molecule has 0 bridgehead atoms. The van der Waals surface area contributed by atoms with Gasteiger partial charge in [-0.25, -0.2) is 8.42 Å². The standard InChI is InChI=1S/C23H23F3N2O4S/c1-32-20-7-9-21(10-8-20)33(30,31)28-14-11-18(12-15-28)22(29)27-13-3-5-17-4-2-6-19(16-17)23(24,25)26/h2,4,6-10,16,18H,11-15H2,1H3,(H,27,29). The second-order valence-corrected chi connectivity index (χ2v) is 9.39. The summed E-state index contributed by atoms with van der Waals surface area (Å²) in [6, 6.07) is 10.8. The zero-order chi connectivity index (χ0) is 24.1. The molecule has 1 amide bonds. The van der Waals surface area contributed by atoms with Crippen LogP contribution in [0.2, 0.25) is 0 Å². The lowest BCUT2D eigenvalue weighted by molar-refractivity contribution is -0.137. The highest BCUT2D eigenvalue weighted by molar-refractivity contribution is 7.89. The Morgan fingerprint density at radius 3 is 2.42 bits per heavy atom. The molecule has 1 saturated heterocycles. The van der Waals surface area contributed by atoms with Gasteiger partial charge in [-0.15, -0.1) is 0 Å². The normalized spacial score (nSPS) is 15.4. The predicted octanol–water partition coefficient (Wildman–Crippen LogP) is 3.28. The fourth-order valence-electron chi connectivity index (χ4n) is 3.45. The van der Waals surface area contributed by atoms with Gasteiger partial charge in [0.15, 0.2) is 0 Å². The van der Waals surface area contributed by atoms with Gasteiger partial charge in [-0.1, -0.05) is 17.9 Å². The van der Waals surface area contributed by atoms with Crippen LogP contribution in [-0.4, -0.2) is 45.4 Å². The van der Waals surface area contributed by atoms with Gasteiger partial charge in [0, 0.05) is 24.6 Å². The second kappa shape index (κ2) is 10.3. The molecule has 2 aromatic carbocycles. The van der Waals surface area contributed by atoms with Crippen molar-refractivity contribution in [1.82, 2.24) is 9.62 Å². The Labute approximate surface area is 190 Å². The van der Waals surface area contributed by atoms with E-state index in [-0.39, 0.29) is 41.9 Å². The van der Waals surface area contributed by atoms with Gasteiger partial charge < -0.3 is 10.1 Å². The number of nitrogens with zero attached hydrogens (tertiary/aromatic N) is 1. The number of carbonyl (C=O) groups excluding carboxylic acids is 1. The number of methoxy groups -OCH3 is 1. The first-order valence-electron chi connectivity index (χ1n) is 10.2. The quantitative estimate of drug-likeness (QED) is 0.667. The van der Waals surface area contributed by atoms with Gasteiger partial charge in [0.25, 0.3) is 0 Å². The van der Waals surface area contributed by atoms with Gasteiger partial charge in [0.1, 0.15) is 5.75 Å². The molecule has 10 heteroatoms. The number of sulfonamides is 1. The van der Waals surface area contributed by atoms with E-state index in [9.17, 15) is 26.4 Å². The third-order valence-corrected chi connectivity index (χ3v) is 7.21. The number of ether oxygens (including phenoxy) is 1. The number of carbonyl (C=O) groups is 1. The lowest BCUT2D eigenvalue weighted by atomic mass is 9.97. The van der Waals surface area contributed by atoms with Gasteiger partial charge >= 0.3 is 6.18 Å². The van der Waals surface area contributed by atoms with Crippen LogP contribution in [0.25, 0.3) is 0 Å². The van der Waals surface area contributed by atoms with E-state index < -0.39 is 21.8 Å². The maximum atomic E-state index is 12.8. The summed E-state index contributed by atoms with van der Waals surface area (Å²) in [6.45, 7) is 0.407. The van der Waals surface area contributed by atoms with Crippen LogP contribution >= 0.6 is 0 Å². The zero-order valence-electron chi connectivity index (χ0n) is 17.9. The van der Waals surface area contributed by atoms with E-state index in [2.05, 4.69) is 17.2 Å². The van der Waals surface area contributed by atoms with E-state index >= 15 is 0 Å². The minimum absolute atomic E-state index is 0.0144. The number of hydrogen-bond donors (Lipinski definition) is 1.